The first-order chi connectivity index (χ1) is 9.93. The number of hydrogen-bond acceptors (Lipinski definition) is 6. The van der Waals surface area contributed by atoms with Gasteiger partial charge in [-0.25, -0.2) is 8.42 Å². The molecule has 0 aromatic carbocycles. The van der Waals surface area contributed by atoms with Crippen LogP contribution in [-0.4, -0.2) is 62.0 Å². The van der Waals surface area contributed by atoms with Crippen molar-refractivity contribution in [3.63, 3.8) is 0 Å². The lowest BCUT2D eigenvalue weighted by Gasteiger charge is -2.14. The van der Waals surface area contributed by atoms with Crippen LogP contribution < -0.4 is 5.73 Å². The highest BCUT2D eigenvalue weighted by Gasteiger charge is 2.41. The van der Waals surface area contributed by atoms with E-state index in [1.165, 1.54) is 10.5 Å². The smallest absolute Gasteiger partial charge is 0.248 e. The third kappa shape index (κ3) is 3.05. The molecule has 2 N–H and O–H groups in total. The van der Waals surface area contributed by atoms with Crippen molar-refractivity contribution in [2.24, 2.45) is 0 Å². The lowest BCUT2D eigenvalue weighted by Crippen LogP contribution is -2.30. The van der Waals surface area contributed by atoms with Gasteiger partial charge in [-0.2, -0.15) is 9.40 Å². The normalized spacial score (nSPS) is 23.8. The standard InChI is InChI=1S/C12H22N4O4S/c1-4-5-15-8-11(12(13)14-15)21(17,18)16-6-9(19-2)10(7-16)20-3/h8-10H,4-7H2,1-3H3,(H2,13,14). The third-order valence-electron chi connectivity index (χ3n) is 3.61. The van der Waals surface area contributed by atoms with Gasteiger partial charge in [0.25, 0.3) is 0 Å². The van der Waals surface area contributed by atoms with Crippen LogP contribution in [-0.2, 0) is 26.0 Å². The maximum Gasteiger partial charge on any atom is 0.248 e. The molecule has 2 rings (SSSR count). The topological polar surface area (TPSA) is 99.7 Å². The predicted molar refractivity (Wildman–Crippen MR) is 77.3 cm³/mol. The highest BCUT2D eigenvalue weighted by Crippen LogP contribution is 2.26. The van der Waals surface area contributed by atoms with Gasteiger partial charge in [-0.15, -0.1) is 0 Å². The first-order valence-corrected chi connectivity index (χ1v) is 8.26. The first kappa shape index (κ1) is 16.2. The molecular formula is C12H22N4O4S. The minimum Gasteiger partial charge on any atom is -0.381 e. The van der Waals surface area contributed by atoms with Crippen LogP contribution in [0, 0.1) is 0 Å². The van der Waals surface area contributed by atoms with Crippen LogP contribution in [0.1, 0.15) is 13.3 Å². The third-order valence-corrected chi connectivity index (χ3v) is 5.46. The number of sulfonamides is 1. The van der Waals surface area contributed by atoms with Gasteiger partial charge in [0.05, 0.1) is 12.2 Å². The Morgan fingerprint density at radius 1 is 1.33 bits per heavy atom. The number of nitrogens with two attached hydrogens (primary N) is 1. The van der Waals surface area contributed by atoms with Gasteiger partial charge in [0.1, 0.15) is 4.90 Å². The Hall–Kier alpha value is -1.16. The second-order valence-electron chi connectivity index (χ2n) is 5.01. The van der Waals surface area contributed by atoms with E-state index in [4.69, 9.17) is 15.2 Å². The van der Waals surface area contributed by atoms with E-state index in [-0.39, 0.29) is 36.0 Å². The van der Waals surface area contributed by atoms with Crippen molar-refractivity contribution in [3.8, 4) is 0 Å². The summed E-state index contributed by atoms with van der Waals surface area (Å²) in [4.78, 5) is 0.0440. The Morgan fingerprint density at radius 2 is 1.90 bits per heavy atom. The van der Waals surface area contributed by atoms with Crippen molar-refractivity contribution >= 4 is 15.8 Å². The fourth-order valence-electron chi connectivity index (χ4n) is 2.46. The van der Waals surface area contributed by atoms with Gasteiger partial charge >= 0.3 is 0 Å². The summed E-state index contributed by atoms with van der Waals surface area (Å²) in [5, 5.41) is 4.04. The predicted octanol–water partition coefficient (Wildman–Crippen LogP) is -0.0904. The Bertz CT molecular complexity index is 574. The fraction of sp³-hybridized carbons (Fsp3) is 0.750. The van der Waals surface area contributed by atoms with Gasteiger partial charge in [0, 0.05) is 40.1 Å². The van der Waals surface area contributed by atoms with Crippen LogP contribution in [0.2, 0.25) is 0 Å². The van der Waals surface area contributed by atoms with Crippen molar-refractivity contribution < 1.29 is 17.9 Å². The molecule has 2 unspecified atom stereocenters. The first-order valence-electron chi connectivity index (χ1n) is 6.82. The van der Waals surface area contributed by atoms with Crippen LogP contribution in [0.15, 0.2) is 11.1 Å². The number of ether oxygens (including phenoxy) is 2. The molecule has 2 heterocycles. The van der Waals surface area contributed by atoms with Crippen molar-refractivity contribution in [3.05, 3.63) is 6.20 Å². The molecule has 0 amide bonds. The van der Waals surface area contributed by atoms with Crippen LogP contribution in [0.4, 0.5) is 5.82 Å². The average Bonchev–Trinajstić information content (AvgIpc) is 3.03. The van der Waals surface area contributed by atoms with E-state index >= 15 is 0 Å². The number of aryl methyl sites for hydroxylation is 1. The molecule has 120 valence electrons. The van der Waals surface area contributed by atoms with Gasteiger partial charge in [0.2, 0.25) is 10.0 Å². The number of methoxy groups -OCH3 is 2. The van der Waals surface area contributed by atoms with E-state index in [0.29, 0.717) is 6.54 Å². The zero-order valence-corrected chi connectivity index (χ0v) is 13.3. The summed E-state index contributed by atoms with van der Waals surface area (Å²) in [5.41, 5.74) is 5.76. The van der Waals surface area contributed by atoms with Gasteiger partial charge < -0.3 is 15.2 Å². The second kappa shape index (κ2) is 6.30. The molecule has 1 saturated heterocycles. The van der Waals surface area contributed by atoms with E-state index in [1.54, 1.807) is 18.9 Å². The van der Waals surface area contributed by atoms with Crippen molar-refractivity contribution in [1.82, 2.24) is 14.1 Å². The van der Waals surface area contributed by atoms with Crippen molar-refractivity contribution in [2.45, 2.75) is 37.0 Å². The van der Waals surface area contributed by atoms with E-state index in [0.717, 1.165) is 6.42 Å². The van der Waals surface area contributed by atoms with Gasteiger partial charge in [-0.05, 0) is 6.42 Å². The molecule has 1 fully saturated rings. The molecule has 1 aromatic heterocycles. The van der Waals surface area contributed by atoms with Crippen LogP contribution >= 0.6 is 0 Å². The Labute approximate surface area is 124 Å². The average molecular weight is 318 g/mol. The Balaban J connectivity index is 2.26. The van der Waals surface area contributed by atoms with Crippen LogP contribution in [0.25, 0.3) is 0 Å². The minimum atomic E-state index is -3.69. The van der Waals surface area contributed by atoms with Crippen LogP contribution in [0.5, 0.6) is 0 Å². The van der Waals surface area contributed by atoms with Crippen LogP contribution in [0.3, 0.4) is 0 Å². The molecule has 0 radical (unpaired) electrons. The maximum atomic E-state index is 12.7. The molecule has 8 nitrogen and oxygen atoms in total. The summed E-state index contributed by atoms with van der Waals surface area (Å²) in [6.07, 6.45) is 1.77. The molecule has 0 saturated carbocycles. The highest BCUT2D eigenvalue weighted by molar-refractivity contribution is 7.89. The quantitative estimate of drug-likeness (QED) is 0.787. The monoisotopic (exact) mass is 318 g/mol. The highest BCUT2D eigenvalue weighted by atomic mass is 32.2. The SMILES string of the molecule is CCCn1cc(S(=O)(=O)N2CC(OC)C(OC)C2)c(N)n1. The summed E-state index contributed by atoms with van der Waals surface area (Å²) in [6, 6.07) is 0. The molecule has 9 heteroatoms. The molecule has 1 aliphatic heterocycles. The lowest BCUT2D eigenvalue weighted by atomic mass is 10.3. The molecule has 0 bridgehead atoms. The van der Waals surface area contributed by atoms with E-state index in [1.807, 2.05) is 6.92 Å². The number of nitrogen functional groups attached to an aromatic ring is 1. The maximum absolute atomic E-state index is 12.7. The number of anilines is 1. The molecule has 2 atom stereocenters. The zero-order chi connectivity index (χ0) is 15.6. The Morgan fingerprint density at radius 3 is 2.38 bits per heavy atom. The molecule has 0 spiro atoms. The molecular weight excluding hydrogens is 296 g/mol. The zero-order valence-electron chi connectivity index (χ0n) is 12.5. The summed E-state index contributed by atoms with van der Waals surface area (Å²) < 4.78 is 38.8. The number of aromatic nitrogens is 2. The number of hydrogen-bond donors (Lipinski definition) is 1. The summed E-state index contributed by atoms with van der Waals surface area (Å²) in [5.74, 6) is 0.0262. The second-order valence-corrected chi connectivity index (χ2v) is 6.92. The van der Waals surface area contributed by atoms with E-state index in [2.05, 4.69) is 5.10 Å². The summed E-state index contributed by atoms with van der Waals surface area (Å²) >= 11 is 0. The van der Waals surface area contributed by atoms with Crippen molar-refractivity contribution in [1.29, 1.82) is 0 Å². The van der Waals surface area contributed by atoms with Crippen molar-refractivity contribution in [2.75, 3.05) is 33.0 Å². The van der Waals surface area contributed by atoms with Gasteiger partial charge in [-0.3, -0.25) is 4.68 Å². The largest absolute Gasteiger partial charge is 0.381 e. The van der Waals surface area contributed by atoms with E-state index in [9.17, 15) is 8.42 Å². The molecule has 1 aliphatic rings. The molecule has 1 aromatic rings. The van der Waals surface area contributed by atoms with E-state index < -0.39 is 10.0 Å². The summed E-state index contributed by atoms with van der Waals surface area (Å²) in [7, 11) is -0.604. The molecule has 0 aliphatic carbocycles. The van der Waals surface area contributed by atoms with Gasteiger partial charge in [0.15, 0.2) is 5.82 Å². The minimum absolute atomic E-state index is 0.0262. The summed E-state index contributed by atoms with van der Waals surface area (Å²) in [6.45, 7) is 3.10. The lowest BCUT2D eigenvalue weighted by molar-refractivity contribution is -0.00461. The molecule has 21 heavy (non-hydrogen) atoms. The number of nitrogens with zero attached hydrogens (tertiary/aromatic N) is 3. The Kier molecular flexibility index (Phi) is 4.87. The number of rotatable bonds is 6. The fourth-order valence-corrected chi connectivity index (χ4v) is 3.98. The van der Waals surface area contributed by atoms with Gasteiger partial charge in [-0.1, -0.05) is 6.92 Å².